The van der Waals surface area contributed by atoms with E-state index in [1.807, 2.05) is 29.2 Å². The topological polar surface area (TPSA) is 38.8 Å². The number of rotatable bonds is 4. The lowest BCUT2D eigenvalue weighted by atomic mass is 9.98. The summed E-state index contributed by atoms with van der Waals surface area (Å²) in [5, 5.41) is 0. The average molecular weight is 355 g/mol. The van der Waals surface area contributed by atoms with Crippen molar-refractivity contribution in [2.75, 3.05) is 19.7 Å². The van der Waals surface area contributed by atoms with E-state index in [4.69, 9.17) is 9.47 Å². The van der Waals surface area contributed by atoms with Gasteiger partial charge in [-0.1, -0.05) is 30.3 Å². The number of piperidine rings is 1. The molecule has 0 saturated carbocycles. The van der Waals surface area contributed by atoms with Gasteiger partial charge in [-0.3, -0.25) is 4.79 Å². The summed E-state index contributed by atoms with van der Waals surface area (Å²) in [7, 11) is 0. The molecule has 0 aliphatic carbocycles. The monoisotopic (exact) mass is 355 g/mol. The number of amides is 1. The number of para-hydroxylation sites is 1. The Morgan fingerprint density at radius 1 is 1.12 bits per heavy atom. The lowest BCUT2D eigenvalue weighted by Gasteiger charge is -2.33. The quantitative estimate of drug-likeness (QED) is 0.842. The van der Waals surface area contributed by atoms with Gasteiger partial charge in [-0.25, -0.2) is 4.39 Å². The predicted octanol–water partition coefficient (Wildman–Crippen LogP) is 3.51. The molecule has 1 atom stereocenters. The first kappa shape index (κ1) is 17.0. The molecule has 2 aliphatic rings. The summed E-state index contributed by atoms with van der Waals surface area (Å²) in [6, 6.07) is 14.1. The summed E-state index contributed by atoms with van der Waals surface area (Å²) in [4.78, 5) is 14.8. The van der Waals surface area contributed by atoms with Crippen LogP contribution in [0, 0.1) is 5.82 Å². The van der Waals surface area contributed by atoms with Crippen molar-refractivity contribution < 1.29 is 18.7 Å². The van der Waals surface area contributed by atoms with Crippen molar-refractivity contribution in [2.45, 2.75) is 31.5 Å². The van der Waals surface area contributed by atoms with Crippen molar-refractivity contribution in [3.05, 3.63) is 65.5 Å². The summed E-state index contributed by atoms with van der Waals surface area (Å²) in [6.07, 6.45) is 1.78. The van der Waals surface area contributed by atoms with Gasteiger partial charge in [-0.2, -0.15) is 0 Å². The first-order valence-corrected chi connectivity index (χ1v) is 9.07. The van der Waals surface area contributed by atoms with E-state index in [-0.39, 0.29) is 23.7 Å². The van der Waals surface area contributed by atoms with Crippen LogP contribution in [-0.2, 0) is 16.1 Å². The van der Waals surface area contributed by atoms with Gasteiger partial charge in [0.1, 0.15) is 24.1 Å². The average Bonchev–Trinajstić information content (AvgIpc) is 3.11. The van der Waals surface area contributed by atoms with Crippen LogP contribution in [0.5, 0.6) is 5.75 Å². The van der Waals surface area contributed by atoms with Crippen LogP contribution in [0.4, 0.5) is 4.39 Å². The minimum atomic E-state index is -0.238. The molecule has 1 unspecified atom stereocenters. The van der Waals surface area contributed by atoms with Gasteiger partial charge in [-0.15, -0.1) is 0 Å². The number of fused-ring (bicyclic) bond motifs is 1. The van der Waals surface area contributed by atoms with E-state index in [0.717, 1.165) is 29.7 Å². The van der Waals surface area contributed by atoms with Crippen molar-refractivity contribution in [2.24, 2.45) is 0 Å². The van der Waals surface area contributed by atoms with Crippen LogP contribution in [0.2, 0.25) is 0 Å². The van der Waals surface area contributed by atoms with Crippen LogP contribution in [0.15, 0.2) is 48.5 Å². The maximum Gasteiger partial charge on any atom is 0.233 e. The third kappa shape index (κ3) is 3.58. The SMILES string of the molecule is O=C(C1COc2ccccc21)N1CCC(OCc2ccc(F)cc2)CC1. The zero-order valence-electron chi connectivity index (χ0n) is 14.6. The van der Waals surface area contributed by atoms with Crippen LogP contribution in [0.25, 0.3) is 0 Å². The molecule has 0 N–H and O–H groups in total. The van der Waals surface area contributed by atoms with Gasteiger partial charge in [0, 0.05) is 18.7 Å². The number of carbonyl (C=O) groups is 1. The van der Waals surface area contributed by atoms with Crippen LogP contribution < -0.4 is 4.74 Å². The molecule has 0 radical (unpaired) electrons. The molecular weight excluding hydrogens is 333 g/mol. The van der Waals surface area contributed by atoms with E-state index in [0.29, 0.717) is 26.3 Å². The van der Waals surface area contributed by atoms with E-state index >= 15 is 0 Å². The minimum absolute atomic E-state index is 0.135. The van der Waals surface area contributed by atoms with Crippen molar-refractivity contribution in [1.29, 1.82) is 0 Å². The van der Waals surface area contributed by atoms with Crippen molar-refractivity contribution in [1.82, 2.24) is 4.90 Å². The fourth-order valence-corrected chi connectivity index (χ4v) is 3.63. The number of ether oxygens (including phenoxy) is 2. The highest BCUT2D eigenvalue weighted by Crippen LogP contribution is 2.35. The summed E-state index contributed by atoms with van der Waals surface area (Å²) in [5.74, 6) is 0.538. The van der Waals surface area contributed by atoms with Gasteiger partial charge >= 0.3 is 0 Å². The summed E-state index contributed by atoms with van der Waals surface area (Å²) < 4.78 is 24.5. The third-order valence-electron chi connectivity index (χ3n) is 5.15. The van der Waals surface area contributed by atoms with E-state index < -0.39 is 0 Å². The van der Waals surface area contributed by atoms with Crippen molar-refractivity contribution in [3.63, 3.8) is 0 Å². The number of hydrogen-bond donors (Lipinski definition) is 0. The Kier molecular flexibility index (Phi) is 4.89. The number of benzene rings is 2. The van der Waals surface area contributed by atoms with E-state index in [9.17, 15) is 9.18 Å². The molecule has 4 rings (SSSR count). The maximum atomic E-state index is 12.9. The minimum Gasteiger partial charge on any atom is -0.492 e. The van der Waals surface area contributed by atoms with E-state index in [1.165, 1.54) is 12.1 Å². The van der Waals surface area contributed by atoms with Crippen molar-refractivity contribution in [3.8, 4) is 5.75 Å². The Bertz CT molecular complexity index is 769. The maximum absolute atomic E-state index is 12.9. The third-order valence-corrected chi connectivity index (χ3v) is 5.15. The number of halogens is 1. The van der Waals surface area contributed by atoms with Crippen LogP contribution in [0.3, 0.4) is 0 Å². The highest BCUT2D eigenvalue weighted by atomic mass is 19.1. The fraction of sp³-hybridized carbons (Fsp3) is 0.381. The highest BCUT2D eigenvalue weighted by molar-refractivity contribution is 5.85. The molecule has 0 aromatic heterocycles. The van der Waals surface area contributed by atoms with E-state index in [2.05, 4.69) is 0 Å². The van der Waals surface area contributed by atoms with Gasteiger partial charge in [0.2, 0.25) is 5.91 Å². The fourth-order valence-electron chi connectivity index (χ4n) is 3.63. The summed E-state index contributed by atoms with van der Waals surface area (Å²) in [6.45, 7) is 2.30. The number of nitrogens with zero attached hydrogens (tertiary/aromatic N) is 1. The van der Waals surface area contributed by atoms with Crippen LogP contribution in [0.1, 0.15) is 29.9 Å². The number of likely N-dealkylation sites (tertiary alicyclic amines) is 1. The largest absolute Gasteiger partial charge is 0.492 e. The summed E-state index contributed by atoms with van der Waals surface area (Å²) >= 11 is 0. The van der Waals surface area contributed by atoms with Crippen LogP contribution >= 0.6 is 0 Å². The molecule has 2 heterocycles. The van der Waals surface area contributed by atoms with Crippen LogP contribution in [-0.4, -0.2) is 36.6 Å². The smallest absolute Gasteiger partial charge is 0.233 e. The first-order valence-electron chi connectivity index (χ1n) is 9.07. The number of carbonyl (C=O) groups excluding carboxylic acids is 1. The molecule has 5 heteroatoms. The lowest BCUT2D eigenvalue weighted by Crippen LogP contribution is -2.43. The molecule has 4 nitrogen and oxygen atoms in total. The molecule has 2 aliphatic heterocycles. The second kappa shape index (κ2) is 7.46. The Hall–Kier alpha value is -2.40. The zero-order chi connectivity index (χ0) is 17.9. The standard InChI is InChI=1S/C21H22FNO3/c22-16-7-5-15(6-8-16)13-25-17-9-11-23(12-10-17)21(24)19-14-26-20-4-2-1-3-18(19)20/h1-8,17,19H,9-14H2. The lowest BCUT2D eigenvalue weighted by molar-refractivity contribution is -0.135. The number of hydrogen-bond acceptors (Lipinski definition) is 3. The Morgan fingerprint density at radius 3 is 2.62 bits per heavy atom. The zero-order valence-corrected chi connectivity index (χ0v) is 14.6. The normalized spacial score (nSPS) is 19.9. The second-order valence-electron chi connectivity index (χ2n) is 6.86. The molecule has 2 aromatic rings. The Labute approximate surface area is 152 Å². The first-order chi connectivity index (χ1) is 12.7. The molecular formula is C21H22FNO3. The second-order valence-corrected chi connectivity index (χ2v) is 6.86. The molecule has 0 bridgehead atoms. The van der Waals surface area contributed by atoms with Gasteiger partial charge in [-0.05, 0) is 36.6 Å². The van der Waals surface area contributed by atoms with Gasteiger partial charge < -0.3 is 14.4 Å². The van der Waals surface area contributed by atoms with Gasteiger partial charge in [0.25, 0.3) is 0 Å². The highest BCUT2D eigenvalue weighted by Gasteiger charge is 2.34. The molecule has 1 saturated heterocycles. The molecule has 1 fully saturated rings. The molecule has 26 heavy (non-hydrogen) atoms. The molecule has 2 aromatic carbocycles. The Morgan fingerprint density at radius 2 is 1.85 bits per heavy atom. The van der Waals surface area contributed by atoms with Crippen molar-refractivity contribution >= 4 is 5.91 Å². The van der Waals surface area contributed by atoms with Gasteiger partial charge in [0.15, 0.2) is 0 Å². The molecule has 136 valence electrons. The molecule has 1 amide bonds. The Balaban J connectivity index is 1.28. The summed E-state index contributed by atoms with van der Waals surface area (Å²) in [5.41, 5.74) is 1.96. The van der Waals surface area contributed by atoms with Gasteiger partial charge in [0.05, 0.1) is 12.7 Å². The van der Waals surface area contributed by atoms with E-state index in [1.54, 1.807) is 12.1 Å². The molecule has 0 spiro atoms. The predicted molar refractivity (Wildman–Crippen MR) is 95.5 cm³/mol.